The molecule has 52 heavy (non-hydrogen) atoms. The molecule has 3 saturated heterocycles. The van der Waals surface area contributed by atoms with E-state index in [0.717, 1.165) is 50.5 Å². The third kappa shape index (κ3) is 8.19. The number of carbonyl (C=O) groups excluding carboxylic acids is 3. The summed E-state index contributed by atoms with van der Waals surface area (Å²) in [5, 5.41) is 6.95. The molecule has 3 aromatic rings. The number of ether oxygens (including phenoxy) is 1. The molecule has 16 heteroatoms. The van der Waals surface area contributed by atoms with Crippen LogP contribution in [-0.2, 0) is 15.1 Å². The average molecular weight is 741 g/mol. The second kappa shape index (κ2) is 14.4. The van der Waals surface area contributed by atoms with Gasteiger partial charge in [-0.05, 0) is 86.9 Å². The lowest BCUT2D eigenvalue weighted by Crippen LogP contribution is -2.47. The molecule has 1 unspecified atom stereocenters. The summed E-state index contributed by atoms with van der Waals surface area (Å²) in [6.07, 6.45) is 0.416. The van der Waals surface area contributed by atoms with Gasteiger partial charge in [-0.15, -0.1) is 0 Å². The molecular formula is C36H40ClF3N8O4. The molecule has 1 spiro atoms. The molecule has 1 aromatic heterocycles. The zero-order chi connectivity index (χ0) is 36.5. The molecule has 0 bridgehead atoms. The van der Waals surface area contributed by atoms with Crippen molar-refractivity contribution in [1.82, 2.24) is 29.7 Å². The van der Waals surface area contributed by atoms with Gasteiger partial charge in [0.1, 0.15) is 6.61 Å². The highest BCUT2D eigenvalue weighted by Crippen LogP contribution is 2.48. The summed E-state index contributed by atoms with van der Waals surface area (Å²) < 4.78 is 43.8. The molecule has 7 rings (SSSR count). The number of amides is 3. The van der Waals surface area contributed by atoms with E-state index in [-0.39, 0.29) is 29.2 Å². The monoisotopic (exact) mass is 740 g/mol. The lowest BCUT2D eigenvalue weighted by atomic mass is 9.86. The highest BCUT2D eigenvalue weighted by atomic mass is 35.5. The maximum atomic E-state index is 13.5. The van der Waals surface area contributed by atoms with Crippen molar-refractivity contribution >= 4 is 46.9 Å². The average Bonchev–Trinajstić information content (AvgIpc) is 3.59. The van der Waals surface area contributed by atoms with E-state index in [2.05, 4.69) is 25.6 Å². The minimum absolute atomic E-state index is 0.0473. The minimum Gasteiger partial charge on any atom is -0.463 e. The number of carbonyl (C=O) groups is 3. The van der Waals surface area contributed by atoms with Crippen LogP contribution in [0, 0.1) is 5.41 Å². The van der Waals surface area contributed by atoms with E-state index in [0.29, 0.717) is 55.5 Å². The third-order valence-electron chi connectivity index (χ3n) is 10.4. The summed E-state index contributed by atoms with van der Waals surface area (Å²) in [4.78, 5) is 57.4. The number of anilines is 3. The summed E-state index contributed by atoms with van der Waals surface area (Å²) in [6, 6.07) is 13.8. The Hall–Kier alpha value is -4.66. The zero-order valence-electron chi connectivity index (χ0n) is 28.6. The summed E-state index contributed by atoms with van der Waals surface area (Å²) in [6.45, 7) is 2.62. The molecule has 2 aromatic carbocycles. The molecule has 3 amide bonds. The molecule has 1 atom stereocenters. The Balaban J connectivity index is 0.992. The molecule has 3 aliphatic heterocycles. The molecule has 12 nitrogen and oxygen atoms in total. The van der Waals surface area contributed by atoms with Crippen LogP contribution < -0.4 is 15.4 Å². The number of hydrogen-bond acceptors (Lipinski definition) is 9. The van der Waals surface area contributed by atoms with E-state index in [1.54, 1.807) is 51.1 Å². The fraction of sp³-hybridized carbons (Fsp3) is 0.500. The predicted molar refractivity (Wildman–Crippen MR) is 186 cm³/mol. The molecule has 2 N–H and O–H groups in total. The number of alkyl halides is 3. The number of nitrogens with one attached hydrogen (secondary N) is 2. The number of halogens is 4. The second-order valence-electron chi connectivity index (χ2n) is 14.2. The van der Waals surface area contributed by atoms with Crippen LogP contribution in [0.4, 0.5) is 30.8 Å². The summed E-state index contributed by atoms with van der Waals surface area (Å²) in [7, 11) is 0. The molecule has 1 aliphatic carbocycles. The van der Waals surface area contributed by atoms with Crippen LogP contribution in [0.2, 0.25) is 5.02 Å². The van der Waals surface area contributed by atoms with Gasteiger partial charge in [-0.1, -0.05) is 23.7 Å². The fourth-order valence-electron chi connectivity index (χ4n) is 7.31. The van der Waals surface area contributed by atoms with Crippen molar-refractivity contribution < 1.29 is 32.3 Å². The van der Waals surface area contributed by atoms with Crippen molar-refractivity contribution in [3.05, 3.63) is 64.7 Å². The standard InChI is InChI=1S/C36H40ClF3N8O4/c37-26-8-6-25(7-9-26)35(12-13-35)45-32-42-31(43-33(44-32)52-21-16-36(38,39)40)41-27-10-4-24(5-11-27)28(49)47-19-14-34(22-47)15-20-48(23-34)30(51)29(50)46-17-2-1-3-18-46/h4-11H,1-3,12-23H2,(H2,41,42,43,44,45). The van der Waals surface area contributed by atoms with Crippen molar-refractivity contribution in [1.29, 1.82) is 0 Å². The number of nitrogens with zero attached hydrogens (tertiary/aromatic N) is 6. The van der Waals surface area contributed by atoms with Gasteiger partial charge in [0.25, 0.3) is 5.91 Å². The van der Waals surface area contributed by atoms with Crippen molar-refractivity contribution in [2.45, 2.75) is 63.1 Å². The number of aromatic nitrogens is 3. The van der Waals surface area contributed by atoms with Crippen LogP contribution in [-0.4, -0.2) is 99.4 Å². The van der Waals surface area contributed by atoms with E-state index in [4.69, 9.17) is 16.3 Å². The van der Waals surface area contributed by atoms with E-state index in [1.807, 2.05) is 12.1 Å². The molecule has 0 radical (unpaired) electrons. The van der Waals surface area contributed by atoms with Gasteiger partial charge < -0.3 is 30.1 Å². The lowest BCUT2D eigenvalue weighted by Gasteiger charge is -2.29. The molecule has 4 aliphatic rings. The number of likely N-dealkylation sites (tertiary alicyclic amines) is 3. The Labute approximate surface area is 304 Å². The summed E-state index contributed by atoms with van der Waals surface area (Å²) >= 11 is 6.07. The van der Waals surface area contributed by atoms with E-state index >= 15 is 0 Å². The van der Waals surface area contributed by atoms with E-state index in [9.17, 15) is 27.6 Å². The minimum atomic E-state index is -4.40. The van der Waals surface area contributed by atoms with Gasteiger partial charge in [0.2, 0.25) is 11.9 Å². The number of benzene rings is 2. The first kappa shape index (κ1) is 35.7. The molecular weight excluding hydrogens is 701 g/mol. The maximum Gasteiger partial charge on any atom is 0.392 e. The first-order chi connectivity index (χ1) is 24.9. The summed E-state index contributed by atoms with van der Waals surface area (Å²) in [5.74, 6) is -0.824. The zero-order valence-corrected chi connectivity index (χ0v) is 29.3. The maximum absolute atomic E-state index is 13.5. The Morgan fingerprint density at radius 1 is 0.769 bits per heavy atom. The topological polar surface area (TPSA) is 133 Å². The molecule has 1 saturated carbocycles. The van der Waals surface area contributed by atoms with Crippen LogP contribution >= 0.6 is 11.6 Å². The predicted octanol–water partition coefficient (Wildman–Crippen LogP) is 5.78. The molecule has 276 valence electrons. The van der Waals surface area contributed by atoms with Gasteiger partial charge in [-0.25, -0.2) is 0 Å². The van der Waals surface area contributed by atoms with Crippen LogP contribution in [0.1, 0.15) is 67.3 Å². The number of rotatable bonds is 9. The lowest BCUT2D eigenvalue weighted by molar-refractivity contribution is -0.151. The van der Waals surface area contributed by atoms with Gasteiger partial charge in [0.05, 0.1) is 12.0 Å². The van der Waals surface area contributed by atoms with Crippen molar-refractivity contribution in [3.8, 4) is 6.01 Å². The van der Waals surface area contributed by atoms with Crippen molar-refractivity contribution in [2.24, 2.45) is 5.41 Å². The quantitative estimate of drug-likeness (QED) is 0.262. The van der Waals surface area contributed by atoms with Crippen LogP contribution in [0.5, 0.6) is 6.01 Å². The smallest absolute Gasteiger partial charge is 0.392 e. The SMILES string of the molecule is O=C(C(=O)N1CCC2(CCN(C(=O)c3ccc(Nc4nc(NC5(c6ccc(Cl)cc6)CC5)nc(OCCC(F)(F)F)n4)cc3)C2)C1)N1CCCCC1. The molecule has 4 fully saturated rings. The van der Waals surface area contributed by atoms with Gasteiger partial charge in [0.15, 0.2) is 0 Å². The van der Waals surface area contributed by atoms with Crippen molar-refractivity contribution in [2.75, 3.05) is 56.5 Å². The van der Waals surface area contributed by atoms with Gasteiger partial charge in [-0.3, -0.25) is 14.4 Å². The first-order valence-electron chi connectivity index (χ1n) is 17.6. The van der Waals surface area contributed by atoms with Gasteiger partial charge >= 0.3 is 24.0 Å². The highest BCUT2D eigenvalue weighted by Gasteiger charge is 2.47. The Morgan fingerprint density at radius 3 is 2.08 bits per heavy atom. The van der Waals surface area contributed by atoms with E-state index < -0.39 is 36.6 Å². The van der Waals surface area contributed by atoms with Crippen molar-refractivity contribution in [3.63, 3.8) is 0 Å². The normalized spacial score (nSPS) is 21.0. The third-order valence-corrected chi connectivity index (χ3v) is 10.6. The van der Waals surface area contributed by atoms with Crippen LogP contribution in [0.15, 0.2) is 48.5 Å². The van der Waals surface area contributed by atoms with E-state index in [1.165, 1.54) is 0 Å². The summed E-state index contributed by atoms with van der Waals surface area (Å²) in [5.41, 5.74) is 1.29. The molecule has 4 heterocycles. The number of hydrogen-bond donors (Lipinski definition) is 2. The number of piperidine rings is 1. The van der Waals surface area contributed by atoms with Gasteiger partial charge in [-0.2, -0.15) is 28.1 Å². The Morgan fingerprint density at radius 2 is 1.40 bits per heavy atom. The van der Waals surface area contributed by atoms with Crippen LogP contribution in [0.25, 0.3) is 0 Å². The first-order valence-corrected chi connectivity index (χ1v) is 18.0. The van der Waals surface area contributed by atoms with Crippen LogP contribution in [0.3, 0.4) is 0 Å². The fourth-order valence-corrected chi connectivity index (χ4v) is 7.44. The Kier molecular flexibility index (Phi) is 9.89. The second-order valence-corrected chi connectivity index (χ2v) is 14.6. The van der Waals surface area contributed by atoms with Gasteiger partial charge in [0, 0.05) is 61.0 Å². The largest absolute Gasteiger partial charge is 0.463 e. The highest BCUT2D eigenvalue weighted by molar-refractivity contribution is 6.35. The Bertz CT molecular complexity index is 1800.